The third-order valence-electron chi connectivity index (χ3n) is 4.70. The maximum Gasteiger partial charge on any atom is 0.416 e. The molecule has 168 valence electrons. The Morgan fingerprint density at radius 3 is 2.42 bits per heavy atom. The van der Waals surface area contributed by atoms with E-state index in [9.17, 15) is 18.0 Å². The molecule has 1 N–H and O–H groups in total. The summed E-state index contributed by atoms with van der Waals surface area (Å²) in [6.07, 6.45) is -3.10. The number of halogens is 4. The molecule has 0 bridgehead atoms. The highest BCUT2D eigenvalue weighted by Crippen LogP contribution is 2.36. The first-order valence-corrected chi connectivity index (χ1v) is 10.2. The van der Waals surface area contributed by atoms with Crippen LogP contribution in [0.3, 0.4) is 0 Å². The molecule has 4 aromatic rings. The monoisotopic (exact) mass is 471 g/mol. The first kappa shape index (κ1) is 22.4. The molecular weight excluding hydrogens is 455 g/mol. The van der Waals surface area contributed by atoms with Crippen LogP contribution in [0.15, 0.2) is 85.1 Å². The second-order valence-electron chi connectivity index (χ2n) is 7.06. The van der Waals surface area contributed by atoms with Gasteiger partial charge in [-0.15, -0.1) is 0 Å². The summed E-state index contributed by atoms with van der Waals surface area (Å²) in [6, 6.07) is 20.3. The van der Waals surface area contributed by atoms with Crippen LogP contribution >= 0.6 is 11.6 Å². The number of nitrogens with zero attached hydrogens (tertiary/aromatic N) is 2. The van der Waals surface area contributed by atoms with Gasteiger partial charge >= 0.3 is 6.18 Å². The van der Waals surface area contributed by atoms with Crippen molar-refractivity contribution in [3.05, 3.63) is 107 Å². The third kappa shape index (κ3) is 5.53. The van der Waals surface area contributed by atoms with Gasteiger partial charge < -0.3 is 10.1 Å². The average Bonchev–Trinajstić information content (AvgIpc) is 3.21. The number of hydrogen-bond donors (Lipinski definition) is 1. The van der Waals surface area contributed by atoms with Crippen LogP contribution in [0.2, 0.25) is 5.02 Å². The Morgan fingerprint density at radius 2 is 1.70 bits per heavy atom. The van der Waals surface area contributed by atoms with Crippen molar-refractivity contribution in [2.75, 3.05) is 5.32 Å². The second kappa shape index (κ2) is 9.38. The molecule has 33 heavy (non-hydrogen) atoms. The number of para-hydroxylation sites is 1. The summed E-state index contributed by atoms with van der Waals surface area (Å²) < 4.78 is 48.0. The number of anilines is 1. The van der Waals surface area contributed by atoms with Crippen molar-refractivity contribution in [2.45, 2.75) is 12.7 Å². The molecule has 0 saturated heterocycles. The predicted molar refractivity (Wildman–Crippen MR) is 119 cm³/mol. The highest BCUT2D eigenvalue weighted by atomic mass is 35.5. The summed E-state index contributed by atoms with van der Waals surface area (Å²) in [6.45, 7) is -0.150. The van der Waals surface area contributed by atoms with Crippen LogP contribution in [0, 0.1) is 0 Å². The fourth-order valence-electron chi connectivity index (χ4n) is 3.17. The normalized spacial score (nSPS) is 11.3. The van der Waals surface area contributed by atoms with Gasteiger partial charge in [0, 0.05) is 12.3 Å². The van der Waals surface area contributed by atoms with Gasteiger partial charge in [-0.3, -0.25) is 9.48 Å². The Kier molecular flexibility index (Phi) is 6.37. The summed E-state index contributed by atoms with van der Waals surface area (Å²) in [7, 11) is 0. The lowest BCUT2D eigenvalue weighted by Crippen LogP contribution is -2.14. The molecule has 1 aromatic heterocycles. The number of ether oxygens (including phenoxy) is 1. The van der Waals surface area contributed by atoms with E-state index >= 15 is 0 Å². The van der Waals surface area contributed by atoms with Gasteiger partial charge in [-0.05, 0) is 42.0 Å². The SMILES string of the molecule is O=C(Nc1ccn(Cc2ccc(Oc3ccccc3)cc2C(F)(F)F)n1)c1ccccc1Cl. The minimum Gasteiger partial charge on any atom is -0.457 e. The third-order valence-corrected chi connectivity index (χ3v) is 5.03. The minimum absolute atomic E-state index is 0.00925. The summed E-state index contributed by atoms with van der Waals surface area (Å²) in [4.78, 5) is 12.4. The molecule has 1 amide bonds. The number of rotatable bonds is 6. The molecular formula is C24H17ClF3N3O2. The first-order chi connectivity index (χ1) is 15.8. The lowest BCUT2D eigenvalue weighted by molar-refractivity contribution is -0.138. The van der Waals surface area contributed by atoms with E-state index in [4.69, 9.17) is 16.3 Å². The number of carbonyl (C=O) groups excluding carboxylic acids is 1. The smallest absolute Gasteiger partial charge is 0.416 e. The maximum atomic E-state index is 13.7. The van der Waals surface area contributed by atoms with Crippen LogP contribution in [-0.4, -0.2) is 15.7 Å². The summed E-state index contributed by atoms with van der Waals surface area (Å²) in [5.74, 6) is 0.233. The second-order valence-corrected chi connectivity index (χ2v) is 7.47. The lowest BCUT2D eigenvalue weighted by Gasteiger charge is -2.15. The van der Waals surface area contributed by atoms with E-state index in [1.54, 1.807) is 54.6 Å². The number of benzene rings is 3. The largest absolute Gasteiger partial charge is 0.457 e. The van der Waals surface area contributed by atoms with Crippen molar-refractivity contribution in [1.82, 2.24) is 9.78 Å². The zero-order chi connectivity index (χ0) is 23.4. The predicted octanol–water partition coefficient (Wildman–Crippen LogP) is 6.65. The number of aromatic nitrogens is 2. The van der Waals surface area contributed by atoms with Crippen molar-refractivity contribution in [3.8, 4) is 11.5 Å². The molecule has 0 aliphatic rings. The van der Waals surface area contributed by atoms with Crippen LogP contribution in [0.1, 0.15) is 21.5 Å². The Hall–Kier alpha value is -3.78. The zero-order valence-electron chi connectivity index (χ0n) is 17.0. The van der Waals surface area contributed by atoms with Gasteiger partial charge in [0.05, 0.1) is 22.7 Å². The van der Waals surface area contributed by atoms with Crippen molar-refractivity contribution >= 4 is 23.3 Å². The molecule has 0 spiro atoms. The lowest BCUT2D eigenvalue weighted by atomic mass is 10.1. The van der Waals surface area contributed by atoms with Crippen molar-refractivity contribution in [1.29, 1.82) is 0 Å². The first-order valence-electron chi connectivity index (χ1n) is 9.82. The molecule has 3 aromatic carbocycles. The van der Waals surface area contributed by atoms with Gasteiger partial charge in [-0.25, -0.2) is 0 Å². The fraction of sp³-hybridized carbons (Fsp3) is 0.0833. The van der Waals surface area contributed by atoms with E-state index in [0.717, 1.165) is 6.07 Å². The number of carbonyl (C=O) groups is 1. The number of amides is 1. The Labute approximate surface area is 192 Å². The van der Waals surface area contributed by atoms with E-state index in [1.165, 1.54) is 29.1 Å². The highest BCUT2D eigenvalue weighted by Gasteiger charge is 2.34. The summed E-state index contributed by atoms with van der Waals surface area (Å²) in [5.41, 5.74) is -0.551. The Morgan fingerprint density at radius 1 is 0.970 bits per heavy atom. The molecule has 0 fully saturated rings. The van der Waals surface area contributed by atoms with Crippen molar-refractivity contribution < 1.29 is 22.7 Å². The van der Waals surface area contributed by atoms with Crippen LogP contribution < -0.4 is 10.1 Å². The Balaban J connectivity index is 1.52. The van der Waals surface area contributed by atoms with Crippen molar-refractivity contribution in [3.63, 3.8) is 0 Å². The van der Waals surface area contributed by atoms with E-state index in [1.807, 2.05) is 0 Å². The highest BCUT2D eigenvalue weighted by molar-refractivity contribution is 6.34. The molecule has 0 aliphatic carbocycles. The van der Waals surface area contributed by atoms with Crippen LogP contribution in [0.5, 0.6) is 11.5 Å². The van der Waals surface area contributed by atoms with E-state index in [0.29, 0.717) is 5.75 Å². The molecule has 0 saturated carbocycles. The van der Waals surface area contributed by atoms with Crippen LogP contribution in [0.4, 0.5) is 19.0 Å². The van der Waals surface area contributed by atoms with Gasteiger partial charge in [0.1, 0.15) is 11.5 Å². The van der Waals surface area contributed by atoms with Crippen LogP contribution in [-0.2, 0) is 12.7 Å². The van der Waals surface area contributed by atoms with Gasteiger partial charge in [0.15, 0.2) is 5.82 Å². The molecule has 0 radical (unpaired) electrons. The molecule has 9 heteroatoms. The molecule has 0 unspecified atom stereocenters. The molecule has 4 rings (SSSR count). The summed E-state index contributed by atoms with van der Waals surface area (Å²) in [5, 5.41) is 7.03. The van der Waals surface area contributed by atoms with Crippen molar-refractivity contribution in [2.24, 2.45) is 0 Å². The zero-order valence-corrected chi connectivity index (χ0v) is 17.8. The topological polar surface area (TPSA) is 56.2 Å². The van der Waals surface area contributed by atoms with E-state index < -0.39 is 17.6 Å². The molecule has 1 heterocycles. The summed E-state index contributed by atoms with van der Waals surface area (Å²) >= 11 is 6.02. The average molecular weight is 472 g/mol. The van der Waals surface area contributed by atoms with Gasteiger partial charge in [-0.2, -0.15) is 18.3 Å². The van der Waals surface area contributed by atoms with E-state index in [2.05, 4.69) is 10.4 Å². The molecule has 0 atom stereocenters. The van der Waals surface area contributed by atoms with Crippen LogP contribution in [0.25, 0.3) is 0 Å². The molecule has 5 nitrogen and oxygen atoms in total. The number of hydrogen-bond acceptors (Lipinski definition) is 3. The number of alkyl halides is 3. The Bertz CT molecular complexity index is 1270. The van der Waals surface area contributed by atoms with Gasteiger partial charge in [-0.1, -0.05) is 48.0 Å². The quantitative estimate of drug-likeness (QED) is 0.342. The fourth-order valence-corrected chi connectivity index (χ4v) is 3.39. The number of nitrogens with one attached hydrogen (secondary N) is 1. The molecule has 0 aliphatic heterocycles. The van der Waals surface area contributed by atoms with Gasteiger partial charge in [0.25, 0.3) is 5.91 Å². The standard InChI is InChI=1S/C24H17ClF3N3O2/c25-21-9-5-4-8-19(21)23(32)29-22-12-13-31(30-22)15-16-10-11-18(14-20(16)24(26,27)28)33-17-6-2-1-3-7-17/h1-14H,15H2,(H,29,30,32). The van der Waals surface area contributed by atoms with E-state index in [-0.39, 0.29) is 34.3 Å². The van der Waals surface area contributed by atoms with Gasteiger partial charge in [0.2, 0.25) is 0 Å². The maximum absolute atomic E-state index is 13.7. The minimum atomic E-state index is -4.58.